The second-order valence-corrected chi connectivity index (χ2v) is 5.08. The van der Waals surface area contributed by atoms with Crippen molar-refractivity contribution in [3.05, 3.63) is 29.3 Å². The van der Waals surface area contributed by atoms with E-state index in [0.717, 1.165) is 12.1 Å². The molecule has 2 N–H and O–H groups in total. The van der Waals surface area contributed by atoms with Crippen LogP contribution < -0.4 is 10.6 Å². The highest BCUT2D eigenvalue weighted by Crippen LogP contribution is 2.13. The van der Waals surface area contributed by atoms with E-state index in [0.29, 0.717) is 5.02 Å². The van der Waals surface area contributed by atoms with Gasteiger partial charge in [0.25, 0.3) is 0 Å². The zero-order chi connectivity index (χ0) is 12.9. The van der Waals surface area contributed by atoms with Gasteiger partial charge in [0, 0.05) is 16.2 Å². The molecule has 0 aromatic heterocycles. The largest absolute Gasteiger partial charge is 0.376 e. The van der Waals surface area contributed by atoms with Gasteiger partial charge in [-0.15, -0.1) is 0 Å². The third-order valence-corrected chi connectivity index (χ3v) is 2.91. The third-order valence-electron chi connectivity index (χ3n) is 2.66. The SMILES string of the molecule is CCC(C)(C)NC(=O)CNc1ccc(Cl)cc1. The van der Waals surface area contributed by atoms with Crippen LogP contribution in [0.2, 0.25) is 5.02 Å². The molecule has 0 aliphatic heterocycles. The number of carbonyl (C=O) groups excluding carboxylic acids is 1. The Morgan fingerprint density at radius 3 is 2.41 bits per heavy atom. The molecule has 4 heteroatoms. The summed E-state index contributed by atoms with van der Waals surface area (Å²) in [6.45, 7) is 6.33. The highest BCUT2D eigenvalue weighted by atomic mass is 35.5. The maximum Gasteiger partial charge on any atom is 0.239 e. The van der Waals surface area contributed by atoms with Crippen molar-refractivity contribution in [2.45, 2.75) is 32.7 Å². The number of rotatable bonds is 5. The molecule has 0 saturated carbocycles. The molecule has 94 valence electrons. The Balaban J connectivity index is 2.41. The molecule has 0 heterocycles. The van der Waals surface area contributed by atoms with Gasteiger partial charge in [0.1, 0.15) is 0 Å². The molecule has 1 aromatic rings. The Kier molecular flexibility index (Phi) is 4.82. The van der Waals surface area contributed by atoms with Crippen LogP contribution in [-0.4, -0.2) is 18.0 Å². The minimum absolute atomic E-state index is 0.00759. The van der Waals surface area contributed by atoms with Crippen LogP contribution in [0.4, 0.5) is 5.69 Å². The van der Waals surface area contributed by atoms with Crippen LogP contribution in [0.25, 0.3) is 0 Å². The van der Waals surface area contributed by atoms with Crippen LogP contribution in [0, 0.1) is 0 Å². The summed E-state index contributed by atoms with van der Waals surface area (Å²) >= 11 is 5.77. The van der Waals surface area contributed by atoms with Crippen molar-refractivity contribution >= 4 is 23.2 Å². The van der Waals surface area contributed by atoms with Crippen molar-refractivity contribution in [2.75, 3.05) is 11.9 Å². The molecule has 0 aliphatic carbocycles. The van der Waals surface area contributed by atoms with Crippen LogP contribution >= 0.6 is 11.6 Å². The van der Waals surface area contributed by atoms with Gasteiger partial charge in [-0.05, 0) is 44.5 Å². The summed E-state index contributed by atoms with van der Waals surface area (Å²) in [7, 11) is 0. The van der Waals surface area contributed by atoms with Gasteiger partial charge in [-0.25, -0.2) is 0 Å². The first-order chi connectivity index (χ1) is 7.93. The molecule has 3 nitrogen and oxygen atoms in total. The van der Waals surface area contributed by atoms with Crippen LogP contribution in [0.15, 0.2) is 24.3 Å². The minimum atomic E-state index is -0.154. The van der Waals surface area contributed by atoms with Gasteiger partial charge in [0.05, 0.1) is 6.54 Å². The Hall–Kier alpha value is -1.22. The number of hydrogen-bond donors (Lipinski definition) is 2. The molecule has 0 fully saturated rings. The average molecular weight is 255 g/mol. The van der Waals surface area contributed by atoms with E-state index in [1.165, 1.54) is 0 Å². The molecular weight excluding hydrogens is 236 g/mol. The fraction of sp³-hybridized carbons (Fsp3) is 0.462. The van der Waals surface area contributed by atoms with Crippen molar-refractivity contribution in [1.29, 1.82) is 0 Å². The maximum absolute atomic E-state index is 11.7. The Labute approximate surface area is 108 Å². The molecule has 0 spiro atoms. The normalized spacial score (nSPS) is 11.1. The first-order valence-electron chi connectivity index (χ1n) is 5.73. The van der Waals surface area contributed by atoms with E-state index in [4.69, 9.17) is 11.6 Å². The summed E-state index contributed by atoms with van der Waals surface area (Å²) in [4.78, 5) is 11.7. The molecule has 17 heavy (non-hydrogen) atoms. The van der Waals surface area contributed by atoms with Crippen molar-refractivity contribution < 1.29 is 4.79 Å². The quantitative estimate of drug-likeness (QED) is 0.848. The summed E-state index contributed by atoms with van der Waals surface area (Å²) in [5, 5.41) is 6.69. The third kappa shape index (κ3) is 5.09. The molecule has 1 rings (SSSR count). The van der Waals surface area contributed by atoms with Gasteiger partial charge in [0.2, 0.25) is 5.91 Å². The number of carbonyl (C=O) groups is 1. The van der Waals surface area contributed by atoms with E-state index in [1.807, 2.05) is 32.9 Å². The summed E-state index contributed by atoms with van der Waals surface area (Å²) in [5.41, 5.74) is 0.734. The summed E-state index contributed by atoms with van der Waals surface area (Å²) < 4.78 is 0. The predicted octanol–water partition coefficient (Wildman–Crippen LogP) is 3.06. The number of anilines is 1. The van der Waals surface area contributed by atoms with Crippen molar-refractivity contribution in [3.63, 3.8) is 0 Å². The zero-order valence-electron chi connectivity index (χ0n) is 10.5. The lowest BCUT2D eigenvalue weighted by Crippen LogP contribution is -2.45. The molecule has 0 bridgehead atoms. The standard InChI is InChI=1S/C13H19ClN2O/c1-4-13(2,3)16-12(17)9-15-11-7-5-10(14)6-8-11/h5-8,15H,4,9H2,1-3H3,(H,16,17). The lowest BCUT2D eigenvalue weighted by atomic mass is 10.0. The molecule has 0 unspecified atom stereocenters. The second kappa shape index (κ2) is 5.92. The molecule has 0 atom stereocenters. The van der Waals surface area contributed by atoms with Crippen LogP contribution in [0.1, 0.15) is 27.2 Å². The van der Waals surface area contributed by atoms with Crippen LogP contribution in [0.5, 0.6) is 0 Å². The Morgan fingerprint density at radius 2 is 1.88 bits per heavy atom. The lowest BCUT2D eigenvalue weighted by Gasteiger charge is -2.24. The van der Waals surface area contributed by atoms with Gasteiger partial charge >= 0.3 is 0 Å². The number of hydrogen-bond acceptors (Lipinski definition) is 2. The number of benzene rings is 1. The molecular formula is C13H19ClN2O. The van der Waals surface area contributed by atoms with E-state index >= 15 is 0 Å². The molecule has 0 saturated heterocycles. The summed E-state index contributed by atoms with van der Waals surface area (Å²) in [5.74, 6) is -0.00759. The van der Waals surface area contributed by atoms with E-state index < -0.39 is 0 Å². The average Bonchev–Trinajstić information content (AvgIpc) is 2.28. The predicted molar refractivity (Wildman–Crippen MR) is 72.5 cm³/mol. The number of nitrogens with one attached hydrogen (secondary N) is 2. The maximum atomic E-state index is 11.7. The highest BCUT2D eigenvalue weighted by molar-refractivity contribution is 6.30. The minimum Gasteiger partial charge on any atom is -0.376 e. The first kappa shape index (κ1) is 13.8. The fourth-order valence-corrected chi connectivity index (χ4v) is 1.39. The van der Waals surface area contributed by atoms with Crippen molar-refractivity contribution in [2.24, 2.45) is 0 Å². The molecule has 1 amide bonds. The van der Waals surface area contributed by atoms with E-state index in [2.05, 4.69) is 10.6 Å². The highest BCUT2D eigenvalue weighted by Gasteiger charge is 2.17. The van der Waals surface area contributed by atoms with E-state index in [-0.39, 0.29) is 18.0 Å². The fourth-order valence-electron chi connectivity index (χ4n) is 1.26. The van der Waals surface area contributed by atoms with Gasteiger partial charge in [0.15, 0.2) is 0 Å². The van der Waals surface area contributed by atoms with Gasteiger partial charge < -0.3 is 10.6 Å². The van der Waals surface area contributed by atoms with E-state index in [9.17, 15) is 4.79 Å². The summed E-state index contributed by atoms with van der Waals surface area (Å²) in [6, 6.07) is 7.27. The molecule has 0 radical (unpaired) electrons. The van der Waals surface area contributed by atoms with Crippen molar-refractivity contribution in [1.82, 2.24) is 5.32 Å². The monoisotopic (exact) mass is 254 g/mol. The molecule has 1 aromatic carbocycles. The topological polar surface area (TPSA) is 41.1 Å². The number of amides is 1. The number of halogens is 1. The van der Waals surface area contributed by atoms with Gasteiger partial charge in [-0.3, -0.25) is 4.79 Å². The van der Waals surface area contributed by atoms with Gasteiger partial charge in [-0.2, -0.15) is 0 Å². The van der Waals surface area contributed by atoms with Gasteiger partial charge in [-0.1, -0.05) is 18.5 Å². The summed E-state index contributed by atoms with van der Waals surface area (Å²) in [6.07, 6.45) is 0.902. The Bertz CT molecular complexity index is 374. The van der Waals surface area contributed by atoms with Crippen molar-refractivity contribution in [3.8, 4) is 0 Å². The second-order valence-electron chi connectivity index (χ2n) is 4.65. The lowest BCUT2D eigenvalue weighted by molar-refractivity contribution is -0.121. The Morgan fingerprint density at radius 1 is 1.29 bits per heavy atom. The molecule has 0 aliphatic rings. The van der Waals surface area contributed by atoms with E-state index in [1.54, 1.807) is 12.1 Å². The van der Waals surface area contributed by atoms with Crippen LogP contribution in [-0.2, 0) is 4.79 Å². The smallest absolute Gasteiger partial charge is 0.239 e. The van der Waals surface area contributed by atoms with Crippen LogP contribution in [0.3, 0.4) is 0 Å². The first-order valence-corrected chi connectivity index (χ1v) is 6.11. The zero-order valence-corrected chi connectivity index (χ0v) is 11.3.